The molecule has 0 spiro atoms. The normalized spacial score (nSPS) is 22.1. The van der Waals surface area contributed by atoms with Crippen molar-refractivity contribution >= 4 is 37.6 Å². The summed E-state index contributed by atoms with van der Waals surface area (Å²) in [5.74, 6) is -4.56. The highest BCUT2D eigenvalue weighted by Gasteiger charge is 2.60. The van der Waals surface area contributed by atoms with E-state index in [2.05, 4.69) is 4.72 Å². The molecule has 208 valence electrons. The number of carboxylic acid groups (broad SMARTS) is 1. The zero-order chi connectivity index (χ0) is 27.7. The lowest BCUT2D eigenvalue weighted by Gasteiger charge is -2.48. The van der Waals surface area contributed by atoms with Gasteiger partial charge in [0.15, 0.2) is 11.6 Å². The Bertz CT molecular complexity index is 1330. The summed E-state index contributed by atoms with van der Waals surface area (Å²) >= 11 is 0. The Kier molecular flexibility index (Phi) is 8.58. The van der Waals surface area contributed by atoms with Crippen molar-refractivity contribution in [2.24, 2.45) is 5.73 Å². The summed E-state index contributed by atoms with van der Waals surface area (Å²) in [7, 11) is -1.73. The van der Waals surface area contributed by atoms with Gasteiger partial charge >= 0.3 is 5.97 Å². The first-order valence-electron chi connectivity index (χ1n) is 11.8. The van der Waals surface area contributed by atoms with Gasteiger partial charge in [0.25, 0.3) is 0 Å². The first kappa shape index (κ1) is 29.0. The van der Waals surface area contributed by atoms with Gasteiger partial charge in [-0.25, -0.2) is 26.0 Å². The average Bonchev–Trinajstić information content (AvgIpc) is 3.60. The molecule has 1 aliphatic heterocycles. The number of alkyl halides is 1. The van der Waals surface area contributed by atoms with E-state index >= 15 is 4.39 Å². The molecule has 0 aromatic heterocycles. The molecule has 0 amide bonds. The zero-order valence-corrected chi connectivity index (χ0v) is 22.5. The average molecular weight is 595 g/mol. The third kappa shape index (κ3) is 5.93. The quantitative estimate of drug-likeness (QED) is 0.225. The Balaban J connectivity index is 1.63. The molecule has 2 fully saturated rings. The minimum Gasteiger partial charge on any atom is -0.489 e. The largest absolute Gasteiger partial charge is 0.489 e. The van der Waals surface area contributed by atoms with Gasteiger partial charge in [0.05, 0.1) is 13.0 Å². The number of hydrogen-bond donors (Lipinski definition) is 3. The van der Waals surface area contributed by atoms with E-state index in [9.17, 15) is 26.4 Å². The molecule has 1 saturated carbocycles. The van der Waals surface area contributed by atoms with Crippen LogP contribution in [-0.2, 0) is 21.2 Å². The van der Waals surface area contributed by atoms with Crippen LogP contribution in [0.3, 0.4) is 0 Å². The summed E-state index contributed by atoms with van der Waals surface area (Å²) in [5.41, 5.74) is 5.39. The van der Waals surface area contributed by atoms with Crippen LogP contribution >= 0.6 is 21.6 Å². The highest BCUT2D eigenvalue weighted by Crippen LogP contribution is 2.60. The third-order valence-corrected chi connectivity index (χ3v) is 12.3. The van der Waals surface area contributed by atoms with Crippen LogP contribution in [0.15, 0.2) is 30.3 Å². The molecular weight excluding hydrogens is 568 g/mol. The maximum Gasteiger partial charge on any atom is 0.306 e. The number of nitrogens with one attached hydrogen (secondary N) is 1. The van der Waals surface area contributed by atoms with Crippen molar-refractivity contribution in [1.82, 2.24) is 4.72 Å². The van der Waals surface area contributed by atoms with Gasteiger partial charge in [-0.15, -0.1) is 0 Å². The van der Waals surface area contributed by atoms with Gasteiger partial charge in [0, 0.05) is 35.3 Å². The molecule has 0 bridgehead atoms. The van der Waals surface area contributed by atoms with E-state index in [0.29, 0.717) is 18.9 Å². The predicted octanol–water partition coefficient (Wildman–Crippen LogP) is 4.74. The van der Waals surface area contributed by atoms with Crippen LogP contribution in [-0.4, -0.2) is 47.8 Å². The summed E-state index contributed by atoms with van der Waals surface area (Å²) < 4.78 is 92.1. The monoisotopic (exact) mass is 594 g/mol. The molecule has 38 heavy (non-hydrogen) atoms. The highest BCUT2D eigenvalue weighted by molar-refractivity contribution is 8.80. The van der Waals surface area contributed by atoms with Gasteiger partial charge in [-0.3, -0.25) is 4.79 Å². The fraction of sp³-hybridized carbons (Fsp3) is 0.458. The van der Waals surface area contributed by atoms with Crippen LogP contribution < -0.4 is 15.2 Å². The van der Waals surface area contributed by atoms with Crippen LogP contribution in [0.4, 0.5) is 17.6 Å². The number of rotatable bonds is 13. The third-order valence-electron chi connectivity index (χ3n) is 6.36. The molecule has 7 nitrogen and oxygen atoms in total. The number of sulfonamides is 1. The second kappa shape index (κ2) is 11.2. The minimum absolute atomic E-state index is 0.0384. The van der Waals surface area contributed by atoms with E-state index < -0.39 is 67.3 Å². The maximum atomic E-state index is 15.8. The summed E-state index contributed by atoms with van der Waals surface area (Å²) in [6.07, 6.45) is 0.172. The maximum absolute atomic E-state index is 15.8. The van der Waals surface area contributed by atoms with E-state index in [1.165, 1.54) is 39.8 Å². The topological polar surface area (TPSA) is 119 Å². The van der Waals surface area contributed by atoms with E-state index in [-0.39, 0.29) is 42.5 Å². The van der Waals surface area contributed by atoms with Crippen molar-refractivity contribution in [1.29, 1.82) is 0 Å². The second-order valence-electron chi connectivity index (χ2n) is 9.18. The lowest BCUT2D eigenvalue weighted by molar-refractivity contribution is -0.137. The fourth-order valence-electron chi connectivity index (χ4n) is 4.11. The summed E-state index contributed by atoms with van der Waals surface area (Å²) in [6, 6.07) is 5.72. The van der Waals surface area contributed by atoms with Gasteiger partial charge in [-0.05, 0) is 37.4 Å². The molecule has 4 N–H and O–H groups in total. The second-order valence-corrected chi connectivity index (χ2v) is 13.9. The number of halogens is 4. The Labute approximate surface area is 225 Å². The van der Waals surface area contributed by atoms with Crippen molar-refractivity contribution < 1.29 is 40.6 Å². The first-order valence-corrected chi connectivity index (χ1v) is 15.5. The molecule has 1 aliphatic carbocycles. The van der Waals surface area contributed by atoms with E-state index in [4.69, 9.17) is 15.6 Å². The lowest BCUT2D eigenvalue weighted by Crippen LogP contribution is -2.59. The van der Waals surface area contributed by atoms with Crippen molar-refractivity contribution in [2.45, 2.75) is 53.6 Å². The van der Waals surface area contributed by atoms with Crippen molar-refractivity contribution in [3.05, 3.63) is 53.3 Å². The molecule has 1 saturated heterocycles. The number of carbonyl (C=O) groups is 1. The summed E-state index contributed by atoms with van der Waals surface area (Å²) in [5, 5.41) is 6.05. The zero-order valence-electron chi connectivity index (χ0n) is 20.0. The van der Waals surface area contributed by atoms with Crippen molar-refractivity contribution in [3.63, 3.8) is 0 Å². The number of benzene rings is 2. The van der Waals surface area contributed by atoms with Gasteiger partial charge in [-0.1, -0.05) is 39.8 Å². The van der Waals surface area contributed by atoms with E-state index in [1.54, 1.807) is 0 Å². The minimum atomic E-state index is -4.28. The summed E-state index contributed by atoms with van der Waals surface area (Å²) in [4.78, 5) is 9.72. The molecule has 2 aliphatic rings. The van der Waals surface area contributed by atoms with Gasteiger partial charge in [0.2, 0.25) is 15.0 Å². The Morgan fingerprint density at radius 3 is 2.55 bits per heavy atom. The Hall–Kier alpha value is -2.00. The van der Waals surface area contributed by atoms with Gasteiger partial charge in [-0.2, -0.15) is 4.72 Å². The first-order chi connectivity index (χ1) is 17.9. The molecule has 0 radical (unpaired) electrons. The molecule has 1 heterocycles. The van der Waals surface area contributed by atoms with Gasteiger partial charge in [0.1, 0.15) is 16.5 Å². The van der Waals surface area contributed by atoms with E-state index in [1.807, 2.05) is 0 Å². The molecule has 2 unspecified atom stereocenters. The smallest absolute Gasteiger partial charge is 0.306 e. The molecule has 4 rings (SSSR count). The predicted molar refractivity (Wildman–Crippen MR) is 138 cm³/mol. The van der Waals surface area contributed by atoms with Crippen molar-refractivity contribution in [3.8, 4) is 16.9 Å². The molecular formula is C24H26F4N2O5S3. The van der Waals surface area contributed by atoms with Crippen molar-refractivity contribution in [2.75, 3.05) is 13.2 Å². The molecule has 2 aromatic rings. The number of carboxylic acids is 1. The fourth-order valence-corrected chi connectivity index (χ4v) is 9.53. The number of nitrogens with two attached hydrogens (primary N) is 1. The van der Waals surface area contributed by atoms with Crippen LogP contribution in [0.5, 0.6) is 5.75 Å². The van der Waals surface area contributed by atoms with E-state index in [0.717, 1.165) is 6.07 Å². The number of aliphatic carboxylic acids is 1. The Morgan fingerprint density at radius 2 is 1.95 bits per heavy atom. The van der Waals surface area contributed by atoms with Crippen LogP contribution in [0.1, 0.15) is 37.7 Å². The number of hydrogen-bond acceptors (Lipinski definition) is 7. The van der Waals surface area contributed by atoms with Crippen LogP contribution in [0.25, 0.3) is 11.1 Å². The SMILES string of the molecule is NCCCC1(NS(=O)(=O)C2(F)CC2)SSC1Cc1cccc(-c2cc(F)cc(F)c2OCCC(=O)O)c1F. The van der Waals surface area contributed by atoms with Crippen LogP contribution in [0, 0.1) is 17.5 Å². The number of ether oxygens (including phenoxy) is 1. The lowest BCUT2D eigenvalue weighted by atomic mass is 9.96. The van der Waals surface area contributed by atoms with Gasteiger partial charge < -0.3 is 15.6 Å². The summed E-state index contributed by atoms with van der Waals surface area (Å²) in [6.45, 7) is -0.135. The standard InChI is InChI=1S/C24H26F4N2O5S3/c25-15-12-17(22(18(26)13-15)35-10-5-20(31)32)16-4-1-3-14(21(16)27)11-19-24(37-36-19,6-2-9-29)30-38(33,34)23(28)7-8-23/h1,3-4,12-13,19,30H,2,5-11,29H2,(H,31,32). The molecule has 2 atom stereocenters. The van der Waals surface area contributed by atoms with Crippen LogP contribution in [0.2, 0.25) is 0 Å². The Morgan fingerprint density at radius 1 is 1.21 bits per heavy atom. The molecule has 14 heteroatoms. The molecule has 2 aromatic carbocycles. The highest BCUT2D eigenvalue weighted by atomic mass is 33.1.